The van der Waals surface area contributed by atoms with Crippen LogP contribution in [0.15, 0.2) is 83.8 Å². The minimum Gasteiger partial charge on any atom is -0.336 e. The number of carbonyl (C=O) groups is 1. The van der Waals surface area contributed by atoms with Gasteiger partial charge in [-0.15, -0.1) is 0 Å². The molecule has 1 fully saturated rings. The molecular weight excluding hydrogens is 350 g/mol. The molecule has 0 saturated carbocycles. The van der Waals surface area contributed by atoms with Crippen LogP contribution in [0.3, 0.4) is 0 Å². The van der Waals surface area contributed by atoms with Crippen molar-refractivity contribution in [3.8, 4) is 0 Å². The summed E-state index contributed by atoms with van der Waals surface area (Å²) >= 11 is 0. The molecule has 1 amide bonds. The van der Waals surface area contributed by atoms with Crippen LogP contribution in [-0.4, -0.2) is 46.9 Å². The Bertz CT molecular complexity index is 917. The van der Waals surface area contributed by atoms with Crippen LogP contribution < -0.4 is 5.56 Å². The van der Waals surface area contributed by atoms with E-state index in [1.54, 1.807) is 6.07 Å². The molecule has 1 saturated heterocycles. The normalized spacial score (nSPS) is 15.0. The van der Waals surface area contributed by atoms with Crippen molar-refractivity contribution in [1.29, 1.82) is 0 Å². The van der Waals surface area contributed by atoms with Gasteiger partial charge in [-0.25, -0.2) is 0 Å². The lowest BCUT2D eigenvalue weighted by Crippen LogP contribution is -2.49. The number of aromatic nitrogens is 1. The summed E-state index contributed by atoms with van der Waals surface area (Å²) in [5.74, 6) is -0.0353. The minimum absolute atomic E-state index is 0.0353. The van der Waals surface area contributed by atoms with E-state index in [1.807, 2.05) is 17.0 Å². The van der Waals surface area contributed by atoms with Gasteiger partial charge < -0.3 is 9.88 Å². The first kappa shape index (κ1) is 18.2. The lowest BCUT2D eigenvalue weighted by atomic mass is 9.96. The zero-order valence-corrected chi connectivity index (χ0v) is 15.6. The average Bonchev–Trinajstić information content (AvgIpc) is 2.76. The molecule has 4 rings (SSSR count). The van der Waals surface area contributed by atoms with Crippen molar-refractivity contribution in [2.75, 3.05) is 26.2 Å². The van der Waals surface area contributed by atoms with Crippen LogP contribution in [0.25, 0.3) is 0 Å². The summed E-state index contributed by atoms with van der Waals surface area (Å²) in [5.41, 5.74) is 2.84. The third kappa shape index (κ3) is 3.89. The van der Waals surface area contributed by atoms with Crippen LogP contribution in [0.1, 0.15) is 27.5 Å². The molecule has 2 aromatic carbocycles. The number of piperazine rings is 1. The van der Waals surface area contributed by atoms with Gasteiger partial charge in [-0.3, -0.25) is 14.5 Å². The summed E-state index contributed by atoms with van der Waals surface area (Å²) in [7, 11) is 0. The van der Waals surface area contributed by atoms with Crippen molar-refractivity contribution in [2.45, 2.75) is 6.04 Å². The molecule has 0 radical (unpaired) electrons. The molecule has 3 aromatic rings. The zero-order chi connectivity index (χ0) is 19.3. The number of carbonyl (C=O) groups excluding carboxylic acids is 1. The summed E-state index contributed by atoms with van der Waals surface area (Å²) in [4.78, 5) is 30.8. The van der Waals surface area contributed by atoms with E-state index in [2.05, 4.69) is 58.4 Å². The molecule has 28 heavy (non-hydrogen) atoms. The molecule has 142 valence electrons. The van der Waals surface area contributed by atoms with Crippen LogP contribution in [-0.2, 0) is 0 Å². The van der Waals surface area contributed by atoms with Crippen molar-refractivity contribution in [2.24, 2.45) is 0 Å². The lowest BCUT2D eigenvalue weighted by Gasteiger charge is -2.39. The van der Waals surface area contributed by atoms with E-state index in [1.165, 1.54) is 23.4 Å². The van der Waals surface area contributed by atoms with E-state index in [9.17, 15) is 9.59 Å². The first-order valence-corrected chi connectivity index (χ1v) is 9.54. The van der Waals surface area contributed by atoms with Gasteiger partial charge in [0.1, 0.15) is 0 Å². The third-order valence-corrected chi connectivity index (χ3v) is 5.23. The molecule has 0 spiro atoms. The first-order chi connectivity index (χ1) is 13.7. The number of hydrogen-bond acceptors (Lipinski definition) is 3. The second kappa shape index (κ2) is 8.23. The van der Waals surface area contributed by atoms with Gasteiger partial charge in [0.15, 0.2) is 0 Å². The molecule has 0 atom stereocenters. The monoisotopic (exact) mass is 373 g/mol. The fourth-order valence-electron chi connectivity index (χ4n) is 3.79. The van der Waals surface area contributed by atoms with Gasteiger partial charge in [0.05, 0.1) is 11.6 Å². The van der Waals surface area contributed by atoms with Crippen LogP contribution >= 0.6 is 0 Å². The molecular formula is C23H23N3O2. The number of nitrogens with one attached hydrogen (secondary N) is 1. The topological polar surface area (TPSA) is 56.4 Å². The molecule has 5 heteroatoms. The number of hydrogen-bond donors (Lipinski definition) is 1. The maximum Gasteiger partial charge on any atom is 0.255 e. The molecule has 2 heterocycles. The molecule has 1 aromatic heterocycles. The maximum absolute atomic E-state index is 12.7. The van der Waals surface area contributed by atoms with Crippen molar-refractivity contribution >= 4 is 5.91 Å². The van der Waals surface area contributed by atoms with Crippen LogP contribution in [0.5, 0.6) is 0 Å². The van der Waals surface area contributed by atoms with E-state index in [0.29, 0.717) is 18.7 Å². The van der Waals surface area contributed by atoms with Crippen LogP contribution in [0.4, 0.5) is 0 Å². The highest BCUT2D eigenvalue weighted by Gasteiger charge is 2.28. The Labute approximate surface area is 164 Å². The Balaban J connectivity index is 1.51. The molecule has 1 aliphatic rings. The molecule has 0 aliphatic carbocycles. The molecule has 0 bridgehead atoms. The van der Waals surface area contributed by atoms with Crippen molar-refractivity contribution in [3.05, 3.63) is 106 Å². The predicted molar refractivity (Wildman–Crippen MR) is 109 cm³/mol. The second-order valence-electron chi connectivity index (χ2n) is 6.99. The standard InChI is InChI=1S/C23H23N3O2/c27-21-12-11-20(17-24-21)23(28)26-15-13-25(14-16-26)22(18-7-3-1-4-8-18)19-9-5-2-6-10-19/h1-12,17,22H,13-16H2,(H,24,27). The Morgan fingerprint density at radius 2 is 1.36 bits per heavy atom. The van der Waals surface area contributed by atoms with Crippen molar-refractivity contribution in [1.82, 2.24) is 14.8 Å². The van der Waals surface area contributed by atoms with Gasteiger partial charge in [-0.1, -0.05) is 60.7 Å². The fraction of sp³-hybridized carbons (Fsp3) is 0.217. The molecule has 1 aliphatic heterocycles. The van der Waals surface area contributed by atoms with Crippen LogP contribution in [0, 0.1) is 0 Å². The van der Waals surface area contributed by atoms with Gasteiger partial charge in [-0.2, -0.15) is 0 Å². The van der Waals surface area contributed by atoms with E-state index in [-0.39, 0.29) is 17.5 Å². The summed E-state index contributed by atoms with van der Waals surface area (Å²) < 4.78 is 0. The first-order valence-electron chi connectivity index (χ1n) is 9.54. The van der Waals surface area contributed by atoms with Crippen molar-refractivity contribution in [3.63, 3.8) is 0 Å². The quantitative estimate of drug-likeness (QED) is 0.765. The van der Waals surface area contributed by atoms with E-state index in [0.717, 1.165) is 13.1 Å². The highest BCUT2D eigenvalue weighted by molar-refractivity contribution is 5.93. The SMILES string of the molecule is O=C(c1ccc(=O)[nH]c1)N1CCN(C(c2ccccc2)c2ccccc2)CC1. The Kier molecular flexibility index (Phi) is 5.35. The summed E-state index contributed by atoms with van der Waals surface area (Å²) in [5, 5.41) is 0. The Morgan fingerprint density at radius 3 is 1.86 bits per heavy atom. The number of nitrogens with zero attached hydrogens (tertiary/aromatic N) is 2. The number of benzene rings is 2. The smallest absolute Gasteiger partial charge is 0.255 e. The number of amides is 1. The zero-order valence-electron chi connectivity index (χ0n) is 15.6. The summed E-state index contributed by atoms with van der Waals surface area (Å²) in [6.45, 7) is 2.91. The fourth-order valence-corrected chi connectivity index (χ4v) is 3.79. The second-order valence-corrected chi connectivity index (χ2v) is 6.99. The summed E-state index contributed by atoms with van der Waals surface area (Å²) in [6.07, 6.45) is 1.49. The Hall–Kier alpha value is -3.18. The van der Waals surface area contributed by atoms with E-state index < -0.39 is 0 Å². The number of rotatable bonds is 4. The lowest BCUT2D eigenvalue weighted by molar-refractivity contribution is 0.0597. The van der Waals surface area contributed by atoms with Gasteiger partial charge in [0.2, 0.25) is 5.56 Å². The molecule has 1 N–H and O–H groups in total. The number of H-pyrrole nitrogens is 1. The van der Waals surface area contributed by atoms with E-state index in [4.69, 9.17) is 0 Å². The van der Waals surface area contributed by atoms with Gasteiger partial charge >= 0.3 is 0 Å². The molecule has 5 nitrogen and oxygen atoms in total. The van der Waals surface area contributed by atoms with E-state index >= 15 is 0 Å². The van der Waals surface area contributed by atoms with Gasteiger partial charge in [-0.05, 0) is 17.2 Å². The number of aromatic amines is 1. The number of pyridine rings is 1. The van der Waals surface area contributed by atoms with Gasteiger partial charge in [0, 0.05) is 38.4 Å². The highest BCUT2D eigenvalue weighted by atomic mass is 16.2. The van der Waals surface area contributed by atoms with Crippen LogP contribution in [0.2, 0.25) is 0 Å². The predicted octanol–water partition coefficient (Wildman–Crippen LogP) is 2.92. The average molecular weight is 373 g/mol. The van der Waals surface area contributed by atoms with Crippen molar-refractivity contribution < 1.29 is 4.79 Å². The Morgan fingerprint density at radius 1 is 0.786 bits per heavy atom. The largest absolute Gasteiger partial charge is 0.336 e. The molecule has 0 unspecified atom stereocenters. The minimum atomic E-state index is -0.199. The summed E-state index contributed by atoms with van der Waals surface area (Å²) in [6, 6.07) is 24.2. The third-order valence-electron chi connectivity index (χ3n) is 5.23. The maximum atomic E-state index is 12.7. The highest BCUT2D eigenvalue weighted by Crippen LogP contribution is 2.29. The van der Waals surface area contributed by atoms with Gasteiger partial charge in [0.25, 0.3) is 5.91 Å².